The zero-order chi connectivity index (χ0) is 20.7. The number of hydrogen-bond donors (Lipinski definition) is 2. The van der Waals surface area contributed by atoms with Crippen LogP contribution in [-0.2, 0) is 13.0 Å². The molecule has 0 unspecified atom stereocenters. The van der Waals surface area contributed by atoms with Gasteiger partial charge in [0.15, 0.2) is 0 Å². The third kappa shape index (κ3) is 3.08. The summed E-state index contributed by atoms with van der Waals surface area (Å²) in [5.74, 6) is -0.293. The highest BCUT2D eigenvalue weighted by molar-refractivity contribution is 6.00. The molecule has 148 valence electrons. The van der Waals surface area contributed by atoms with Gasteiger partial charge in [0.25, 0.3) is 17.4 Å². The predicted octanol–water partition coefficient (Wildman–Crippen LogP) is 1.97. The molecule has 30 heavy (non-hydrogen) atoms. The van der Waals surface area contributed by atoms with Crippen molar-refractivity contribution in [2.24, 2.45) is 0 Å². The van der Waals surface area contributed by atoms with Gasteiger partial charge < -0.3 is 0 Å². The number of carbonyl (C=O) groups excluding carboxylic acids is 2. The Balaban J connectivity index is 1.34. The van der Waals surface area contributed by atoms with Gasteiger partial charge in [-0.1, -0.05) is 24.3 Å². The molecule has 1 aliphatic heterocycles. The SMILES string of the molecule is O=C(NNC(=O)c1ccc2ccccc2n1)c1ccc2c(=O)n3c(nc2c1)CCC3. The molecular formula is C22H17N5O3. The first kappa shape index (κ1) is 18.0. The van der Waals surface area contributed by atoms with E-state index in [2.05, 4.69) is 20.8 Å². The molecule has 0 saturated carbocycles. The van der Waals surface area contributed by atoms with Crippen LogP contribution in [0.3, 0.4) is 0 Å². The molecule has 0 radical (unpaired) electrons. The van der Waals surface area contributed by atoms with Crippen molar-refractivity contribution in [3.05, 3.63) is 82.0 Å². The van der Waals surface area contributed by atoms with E-state index >= 15 is 0 Å². The van der Waals surface area contributed by atoms with Gasteiger partial charge >= 0.3 is 0 Å². The number of carbonyl (C=O) groups is 2. The summed E-state index contributed by atoms with van der Waals surface area (Å²) in [6.07, 6.45) is 1.64. The fourth-order valence-corrected chi connectivity index (χ4v) is 3.67. The Morgan fingerprint density at radius 1 is 0.900 bits per heavy atom. The first-order valence-corrected chi connectivity index (χ1v) is 9.60. The number of nitrogens with zero attached hydrogens (tertiary/aromatic N) is 3. The van der Waals surface area contributed by atoms with Crippen LogP contribution in [0.15, 0.2) is 59.4 Å². The molecule has 2 amide bonds. The van der Waals surface area contributed by atoms with E-state index in [9.17, 15) is 14.4 Å². The van der Waals surface area contributed by atoms with Crippen molar-refractivity contribution in [2.45, 2.75) is 19.4 Å². The molecule has 2 aromatic carbocycles. The number of hydrazine groups is 1. The van der Waals surface area contributed by atoms with Crippen LogP contribution in [0.5, 0.6) is 0 Å². The highest BCUT2D eigenvalue weighted by atomic mass is 16.2. The number of benzene rings is 2. The summed E-state index contributed by atoms with van der Waals surface area (Å²) in [4.78, 5) is 46.2. The monoisotopic (exact) mass is 399 g/mol. The summed E-state index contributed by atoms with van der Waals surface area (Å²) >= 11 is 0. The number of hydrogen-bond acceptors (Lipinski definition) is 5. The highest BCUT2D eigenvalue weighted by Gasteiger charge is 2.17. The Labute approximate surface area is 170 Å². The zero-order valence-corrected chi connectivity index (χ0v) is 15.9. The molecule has 5 rings (SSSR count). The number of nitrogens with one attached hydrogen (secondary N) is 2. The summed E-state index contributed by atoms with van der Waals surface area (Å²) in [6, 6.07) is 15.5. The van der Waals surface area contributed by atoms with Crippen LogP contribution >= 0.6 is 0 Å². The quantitative estimate of drug-likeness (QED) is 0.501. The third-order valence-corrected chi connectivity index (χ3v) is 5.20. The Morgan fingerprint density at radius 3 is 2.63 bits per heavy atom. The summed E-state index contributed by atoms with van der Waals surface area (Å²) in [7, 11) is 0. The standard InChI is InChI=1S/C22H17N5O3/c28-20(25-26-21(29)17-10-8-13-4-1-2-5-16(13)23-17)14-7-9-15-18(12-14)24-19-6-3-11-27(19)22(15)30/h1-2,4-5,7-10,12H,3,6,11H2,(H,25,28)(H,26,29). The lowest BCUT2D eigenvalue weighted by atomic mass is 10.1. The number of para-hydroxylation sites is 1. The van der Waals surface area contributed by atoms with E-state index in [1.165, 1.54) is 0 Å². The van der Waals surface area contributed by atoms with Crippen LogP contribution in [0.25, 0.3) is 21.8 Å². The average molecular weight is 399 g/mol. The van der Waals surface area contributed by atoms with E-state index in [4.69, 9.17) is 0 Å². The van der Waals surface area contributed by atoms with Crippen LogP contribution < -0.4 is 16.4 Å². The molecule has 1 aliphatic rings. The van der Waals surface area contributed by atoms with E-state index in [0.717, 1.165) is 24.1 Å². The number of pyridine rings is 1. The molecule has 0 fully saturated rings. The van der Waals surface area contributed by atoms with Gasteiger partial charge in [0.2, 0.25) is 0 Å². The highest BCUT2D eigenvalue weighted by Crippen LogP contribution is 2.16. The van der Waals surface area contributed by atoms with Crippen LogP contribution in [0.2, 0.25) is 0 Å². The second kappa shape index (κ2) is 7.07. The summed E-state index contributed by atoms with van der Waals surface area (Å²) in [6.45, 7) is 0.675. The molecule has 8 heteroatoms. The summed E-state index contributed by atoms with van der Waals surface area (Å²) in [5.41, 5.74) is 6.33. The van der Waals surface area contributed by atoms with Gasteiger partial charge in [0.1, 0.15) is 11.5 Å². The Hall–Kier alpha value is -4.07. The first-order chi connectivity index (χ1) is 14.6. The van der Waals surface area contributed by atoms with Gasteiger partial charge in [-0.15, -0.1) is 0 Å². The summed E-state index contributed by atoms with van der Waals surface area (Å²) < 4.78 is 1.68. The van der Waals surface area contributed by atoms with Gasteiger partial charge in [0, 0.05) is 23.9 Å². The van der Waals surface area contributed by atoms with Crippen LogP contribution in [0, 0.1) is 0 Å². The minimum atomic E-state index is -0.524. The second-order valence-corrected chi connectivity index (χ2v) is 7.12. The second-order valence-electron chi connectivity index (χ2n) is 7.12. The summed E-state index contributed by atoms with van der Waals surface area (Å²) in [5, 5.41) is 1.39. The lowest BCUT2D eigenvalue weighted by Crippen LogP contribution is -2.42. The van der Waals surface area contributed by atoms with Crippen LogP contribution in [0.4, 0.5) is 0 Å². The van der Waals surface area contributed by atoms with Gasteiger partial charge in [0.05, 0.1) is 16.4 Å². The lowest BCUT2D eigenvalue weighted by Gasteiger charge is -2.09. The first-order valence-electron chi connectivity index (χ1n) is 9.60. The number of rotatable bonds is 2. The number of amides is 2. The topological polar surface area (TPSA) is 106 Å². The molecule has 3 heterocycles. The van der Waals surface area contributed by atoms with Crippen molar-refractivity contribution < 1.29 is 9.59 Å². The smallest absolute Gasteiger partial charge is 0.288 e. The number of aromatic nitrogens is 3. The van der Waals surface area contributed by atoms with E-state index in [1.54, 1.807) is 34.9 Å². The van der Waals surface area contributed by atoms with Crippen molar-refractivity contribution in [3.63, 3.8) is 0 Å². The molecule has 0 saturated heterocycles. The van der Waals surface area contributed by atoms with Gasteiger partial charge in [-0.05, 0) is 36.8 Å². The molecule has 0 bridgehead atoms. The number of fused-ring (bicyclic) bond motifs is 3. The average Bonchev–Trinajstić information content (AvgIpc) is 3.25. The van der Waals surface area contributed by atoms with Crippen molar-refractivity contribution >= 4 is 33.6 Å². The van der Waals surface area contributed by atoms with E-state index in [-0.39, 0.29) is 11.3 Å². The fraction of sp³-hybridized carbons (Fsp3) is 0.136. The largest absolute Gasteiger partial charge is 0.296 e. The van der Waals surface area contributed by atoms with Gasteiger partial charge in [-0.25, -0.2) is 9.97 Å². The van der Waals surface area contributed by atoms with E-state index in [1.807, 2.05) is 24.3 Å². The minimum absolute atomic E-state index is 0.0878. The molecule has 0 aliphatic carbocycles. The third-order valence-electron chi connectivity index (χ3n) is 5.20. The van der Waals surface area contributed by atoms with Crippen molar-refractivity contribution in [1.29, 1.82) is 0 Å². The molecule has 2 aromatic heterocycles. The van der Waals surface area contributed by atoms with Crippen molar-refractivity contribution in [1.82, 2.24) is 25.4 Å². The Kier molecular flexibility index (Phi) is 4.24. The Morgan fingerprint density at radius 2 is 1.73 bits per heavy atom. The molecule has 8 nitrogen and oxygen atoms in total. The van der Waals surface area contributed by atoms with Crippen LogP contribution in [-0.4, -0.2) is 26.3 Å². The molecule has 2 N–H and O–H groups in total. The van der Waals surface area contributed by atoms with Crippen molar-refractivity contribution in [2.75, 3.05) is 0 Å². The maximum absolute atomic E-state index is 12.5. The van der Waals surface area contributed by atoms with E-state index in [0.29, 0.717) is 28.5 Å². The minimum Gasteiger partial charge on any atom is -0.296 e. The fourth-order valence-electron chi connectivity index (χ4n) is 3.67. The van der Waals surface area contributed by atoms with Gasteiger partial charge in [-0.2, -0.15) is 0 Å². The van der Waals surface area contributed by atoms with Crippen LogP contribution in [0.1, 0.15) is 33.1 Å². The predicted molar refractivity (Wildman–Crippen MR) is 111 cm³/mol. The normalized spacial score (nSPS) is 12.7. The molecule has 0 atom stereocenters. The zero-order valence-electron chi connectivity index (χ0n) is 15.9. The molecule has 4 aromatic rings. The molecule has 0 spiro atoms. The maximum atomic E-state index is 12.5. The van der Waals surface area contributed by atoms with E-state index < -0.39 is 11.8 Å². The Bertz CT molecular complexity index is 1390. The number of aryl methyl sites for hydroxylation is 1. The van der Waals surface area contributed by atoms with Crippen molar-refractivity contribution in [3.8, 4) is 0 Å². The van der Waals surface area contributed by atoms with Gasteiger partial charge in [-0.3, -0.25) is 29.8 Å². The lowest BCUT2D eigenvalue weighted by molar-refractivity contribution is 0.0844. The molecular weight excluding hydrogens is 382 g/mol. The maximum Gasteiger partial charge on any atom is 0.288 e.